The van der Waals surface area contributed by atoms with Crippen LogP contribution in [-0.4, -0.2) is 24.7 Å². The van der Waals surface area contributed by atoms with E-state index in [1.54, 1.807) is 19.9 Å². The Morgan fingerprint density at radius 1 is 1.40 bits per heavy atom. The Hall–Kier alpha value is -1.26. The number of hydrogen-bond donors (Lipinski definition) is 1. The third-order valence-corrected chi connectivity index (χ3v) is 3.27. The lowest BCUT2D eigenvalue weighted by Crippen LogP contribution is -2.27. The topological polar surface area (TPSA) is 61.5 Å². The molecule has 0 radical (unpaired) electrons. The van der Waals surface area contributed by atoms with Gasteiger partial charge in [0.05, 0.1) is 11.6 Å². The molecule has 1 rings (SSSR count). The van der Waals surface area contributed by atoms with Gasteiger partial charge in [-0.2, -0.15) is 0 Å². The van der Waals surface area contributed by atoms with Crippen LogP contribution in [0.3, 0.4) is 0 Å². The van der Waals surface area contributed by atoms with Crippen molar-refractivity contribution in [3.05, 3.63) is 28.8 Å². The van der Waals surface area contributed by atoms with Crippen LogP contribution in [0, 0.1) is 0 Å². The van der Waals surface area contributed by atoms with E-state index in [-0.39, 0.29) is 6.04 Å². The Morgan fingerprint density at radius 3 is 2.70 bits per heavy atom. The van der Waals surface area contributed by atoms with Crippen molar-refractivity contribution in [3.63, 3.8) is 0 Å². The van der Waals surface area contributed by atoms with E-state index in [9.17, 15) is 4.79 Å². The fourth-order valence-electron chi connectivity index (χ4n) is 1.76. The lowest BCUT2D eigenvalue weighted by molar-refractivity contribution is -0.150. The number of carbonyl (C=O) groups excluding carboxylic acids is 1. The van der Waals surface area contributed by atoms with Crippen molar-refractivity contribution >= 4 is 17.6 Å². The van der Waals surface area contributed by atoms with Gasteiger partial charge >= 0.3 is 5.97 Å². The Morgan fingerprint density at radius 2 is 2.10 bits per heavy atom. The summed E-state index contributed by atoms with van der Waals surface area (Å²) in [4.78, 5) is 11.6. The third-order valence-electron chi connectivity index (χ3n) is 2.97. The molecule has 0 saturated carbocycles. The smallest absolute Gasteiger partial charge is 0.347 e. The highest BCUT2D eigenvalue weighted by molar-refractivity contribution is 6.32. The molecular formula is C15H22ClNO3. The van der Waals surface area contributed by atoms with Gasteiger partial charge in [-0.3, -0.25) is 0 Å². The van der Waals surface area contributed by atoms with E-state index in [1.165, 1.54) is 0 Å². The van der Waals surface area contributed by atoms with E-state index >= 15 is 0 Å². The summed E-state index contributed by atoms with van der Waals surface area (Å²) in [5.41, 5.74) is 6.88. The Bertz CT molecular complexity index is 451. The van der Waals surface area contributed by atoms with Crippen LogP contribution in [0.15, 0.2) is 18.2 Å². The van der Waals surface area contributed by atoms with Crippen molar-refractivity contribution in [1.29, 1.82) is 0 Å². The first-order valence-electron chi connectivity index (χ1n) is 6.85. The number of hydrogen-bond acceptors (Lipinski definition) is 4. The largest absolute Gasteiger partial charge is 0.477 e. The van der Waals surface area contributed by atoms with Gasteiger partial charge in [0.15, 0.2) is 6.10 Å². The molecule has 1 aromatic rings. The molecule has 4 nitrogen and oxygen atoms in total. The molecule has 0 fully saturated rings. The van der Waals surface area contributed by atoms with E-state index in [4.69, 9.17) is 26.8 Å². The van der Waals surface area contributed by atoms with Gasteiger partial charge in [0, 0.05) is 6.04 Å². The normalized spacial score (nSPS) is 13.7. The maximum atomic E-state index is 11.6. The molecule has 5 heteroatoms. The minimum absolute atomic E-state index is 0.0358. The summed E-state index contributed by atoms with van der Waals surface area (Å²) >= 11 is 6.16. The number of nitrogens with two attached hydrogens (primary N) is 1. The van der Waals surface area contributed by atoms with E-state index in [0.717, 1.165) is 12.0 Å². The zero-order valence-electron chi connectivity index (χ0n) is 12.2. The van der Waals surface area contributed by atoms with E-state index in [2.05, 4.69) is 0 Å². The average molecular weight is 300 g/mol. The molecule has 0 aliphatic rings. The van der Waals surface area contributed by atoms with Crippen molar-refractivity contribution < 1.29 is 14.3 Å². The quantitative estimate of drug-likeness (QED) is 0.786. The van der Waals surface area contributed by atoms with E-state index in [0.29, 0.717) is 23.8 Å². The molecule has 0 saturated heterocycles. The van der Waals surface area contributed by atoms with Gasteiger partial charge in [0.25, 0.3) is 0 Å². The zero-order valence-corrected chi connectivity index (χ0v) is 12.9. The number of rotatable bonds is 7. The van der Waals surface area contributed by atoms with Crippen LogP contribution in [0.5, 0.6) is 5.75 Å². The van der Waals surface area contributed by atoms with Crippen LogP contribution >= 0.6 is 11.6 Å². The summed E-state index contributed by atoms with van der Waals surface area (Å²) in [5.74, 6) is 0.108. The molecule has 0 aliphatic heterocycles. The second-order valence-electron chi connectivity index (χ2n) is 4.61. The van der Waals surface area contributed by atoms with Gasteiger partial charge in [-0.1, -0.05) is 30.7 Å². The Labute approximate surface area is 125 Å². The van der Waals surface area contributed by atoms with Crippen molar-refractivity contribution in [1.82, 2.24) is 0 Å². The monoisotopic (exact) mass is 299 g/mol. The first kappa shape index (κ1) is 16.8. The van der Waals surface area contributed by atoms with Gasteiger partial charge in [-0.05, 0) is 38.3 Å². The molecule has 1 aromatic carbocycles. The fourth-order valence-corrected chi connectivity index (χ4v) is 2.00. The summed E-state index contributed by atoms with van der Waals surface area (Å²) in [6.45, 7) is 5.75. The van der Waals surface area contributed by atoms with Crippen molar-refractivity contribution in [2.45, 2.75) is 45.8 Å². The summed E-state index contributed by atoms with van der Waals surface area (Å²) < 4.78 is 10.6. The molecule has 0 aromatic heterocycles. The minimum Gasteiger partial charge on any atom is -0.477 e. The Kier molecular flexibility index (Phi) is 6.82. The number of halogens is 1. The second kappa shape index (κ2) is 8.12. The zero-order chi connectivity index (χ0) is 15.1. The molecule has 2 unspecified atom stereocenters. The van der Waals surface area contributed by atoms with Crippen LogP contribution in [0.4, 0.5) is 0 Å². The number of ether oxygens (including phenoxy) is 2. The van der Waals surface area contributed by atoms with Gasteiger partial charge in [0.2, 0.25) is 0 Å². The highest BCUT2D eigenvalue weighted by atomic mass is 35.5. The van der Waals surface area contributed by atoms with Crippen LogP contribution < -0.4 is 10.5 Å². The summed E-state index contributed by atoms with van der Waals surface area (Å²) in [5, 5.41) is 0.474. The molecule has 0 spiro atoms. The lowest BCUT2D eigenvalue weighted by Gasteiger charge is -2.19. The summed E-state index contributed by atoms with van der Waals surface area (Å²) in [6.07, 6.45) is 0.813. The first-order chi connectivity index (χ1) is 9.49. The van der Waals surface area contributed by atoms with Crippen molar-refractivity contribution in [2.24, 2.45) is 5.73 Å². The molecule has 20 heavy (non-hydrogen) atoms. The van der Waals surface area contributed by atoms with Gasteiger partial charge in [-0.25, -0.2) is 4.79 Å². The summed E-state index contributed by atoms with van der Waals surface area (Å²) in [6, 6.07) is 5.53. The molecule has 0 amide bonds. The molecule has 2 atom stereocenters. The van der Waals surface area contributed by atoms with Crippen LogP contribution in [0.1, 0.15) is 32.8 Å². The highest BCUT2D eigenvalue weighted by Crippen LogP contribution is 2.30. The van der Waals surface area contributed by atoms with Crippen molar-refractivity contribution in [3.8, 4) is 5.75 Å². The van der Waals surface area contributed by atoms with Gasteiger partial charge < -0.3 is 15.2 Å². The highest BCUT2D eigenvalue weighted by Gasteiger charge is 2.19. The lowest BCUT2D eigenvalue weighted by atomic mass is 10.0. The Balaban J connectivity index is 2.89. The molecule has 0 bridgehead atoms. The SMILES string of the molecule is CCOC(=O)C(C)Oc1c(Cl)cccc1CC(N)CC. The molecule has 0 aliphatic carbocycles. The first-order valence-corrected chi connectivity index (χ1v) is 7.23. The van der Waals surface area contributed by atoms with E-state index in [1.807, 2.05) is 19.1 Å². The molecule has 0 heterocycles. The van der Waals surface area contributed by atoms with Crippen LogP contribution in [0.2, 0.25) is 5.02 Å². The molecule has 2 N–H and O–H groups in total. The van der Waals surface area contributed by atoms with E-state index < -0.39 is 12.1 Å². The van der Waals surface area contributed by atoms with Crippen LogP contribution in [0.25, 0.3) is 0 Å². The third kappa shape index (κ3) is 4.69. The predicted molar refractivity (Wildman–Crippen MR) is 80.1 cm³/mol. The fraction of sp³-hybridized carbons (Fsp3) is 0.533. The predicted octanol–water partition coefficient (Wildman–Crippen LogP) is 2.95. The van der Waals surface area contributed by atoms with Gasteiger partial charge in [0.1, 0.15) is 5.75 Å². The maximum Gasteiger partial charge on any atom is 0.347 e. The number of benzene rings is 1. The standard InChI is InChI=1S/C15H22ClNO3/c1-4-12(17)9-11-7-6-8-13(16)14(11)20-10(3)15(18)19-5-2/h6-8,10,12H,4-5,9,17H2,1-3H3. The average Bonchev–Trinajstić information content (AvgIpc) is 2.42. The van der Waals surface area contributed by atoms with Gasteiger partial charge in [-0.15, -0.1) is 0 Å². The molecule has 112 valence electrons. The van der Waals surface area contributed by atoms with Crippen LogP contribution in [-0.2, 0) is 16.0 Å². The number of para-hydroxylation sites is 1. The number of carbonyl (C=O) groups is 1. The number of esters is 1. The minimum atomic E-state index is -0.702. The summed E-state index contributed by atoms with van der Waals surface area (Å²) in [7, 11) is 0. The second-order valence-corrected chi connectivity index (χ2v) is 5.02. The molecular weight excluding hydrogens is 278 g/mol. The van der Waals surface area contributed by atoms with Crippen molar-refractivity contribution in [2.75, 3.05) is 6.61 Å². The maximum absolute atomic E-state index is 11.6.